The Kier molecular flexibility index (Phi) is 9.98. The first-order valence-electron chi connectivity index (χ1n) is 15.0. The van der Waals surface area contributed by atoms with Crippen molar-refractivity contribution in [3.63, 3.8) is 0 Å². The number of carbonyl (C=O) groups is 3. The van der Waals surface area contributed by atoms with E-state index in [1.807, 2.05) is 59.8 Å². The van der Waals surface area contributed by atoms with E-state index in [1.54, 1.807) is 0 Å². The first kappa shape index (κ1) is 32.9. The molecule has 10 nitrogen and oxygen atoms in total. The monoisotopic (exact) mass is 622 g/mol. The molecule has 238 valence electrons. The second-order valence-electron chi connectivity index (χ2n) is 11.8. The second-order valence-corrected chi connectivity index (χ2v) is 12.6. The fraction of sp³-hybridized carbons (Fsp3) is 0.455. The minimum absolute atomic E-state index is 0.0190. The molecular formula is C33H42N4O6S-2. The number of carboxylic acid groups (broad SMARTS) is 2. The zero-order valence-electron chi connectivity index (χ0n) is 26.1. The molecule has 2 aromatic rings. The molecule has 1 amide bonds. The maximum atomic E-state index is 12.5. The van der Waals surface area contributed by atoms with E-state index in [2.05, 4.69) is 33.2 Å². The molecule has 0 aromatic carbocycles. The number of allylic oxidation sites excluding steroid dienone is 2. The van der Waals surface area contributed by atoms with E-state index in [-0.39, 0.29) is 60.3 Å². The number of H-pyrrole nitrogens is 2. The van der Waals surface area contributed by atoms with Crippen LogP contribution in [0.5, 0.6) is 0 Å². The average molecular weight is 623 g/mol. The quantitative estimate of drug-likeness (QED) is 0.150. The summed E-state index contributed by atoms with van der Waals surface area (Å²) in [6.07, 6.45) is 6.81. The molecule has 4 rings (SSSR count). The van der Waals surface area contributed by atoms with Crippen LogP contribution in [0.3, 0.4) is 0 Å². The van der Waals surface area contributed by atoms with Crippen LogP contribution in [0, 0.1) is 31.6 Å². The summed E-state index contributed by atoms with van der Waals surface area (Å²) in [5, 5.41) is 26.9. The van der Waals surface area contributed by atoms with Gasteiger partial charge in [-0.05, 0) is 36.8 Å². The van der Waals surface area contributed by atoms with Crippen molar-refractivity contribution in [3.8, 4) is 0 Å². The number of nitrogens with one attached hydrogen (secondary N) is 4. The first-order valence-corrected chi connectivity index (χ1v) is 15.5. The summed E-state index contributed by atoms with van der Waals surface area (Å²) in [7, 11) is 0. The van der Waals surface area contributed by atoms with Crippen LogP contribution < -0.4 is 26.9 Å². The summed E-state index contributed by atoms with van der Waals surface area (Å²) < 4.78 is 0. The summed E-state index contributed by atoms with van der Waals surface area (Å²) in [5.74, 6) is -1.19. The number of aliphatic carboxylic acids is 2. The van der Waals surface area contributed by atoms with Gasteiger partial charge in [0.05, 0.1) is 0 Å². The molecule has 1 saturated heterocycles. The minimum Gasteiger partial charge on any atom is -0.481 e. The van der Waals surface area contributed by atoms with Gasteiger partial charge in [-0.25, -0.2) is 0 Å². The largest absolute Gasteiger partial charge is 0.481 e. The Morgan fingerprint density at radius 3 is 2.30 bits per heavy atom. The third-order valence-electron chi connectivity index (χ3n) is 9.01. The molecule has 0 spiro atoms. The van der Waals surface area contributed by atoms with E-state index >= 15 is 0 Å². The van der Waals surface area contributed by atoms with E-state index < -0.39 is 11.9 Å². The van der Waals surface area contributed by atoms with Gasteiger partial charge in [-0.2, -0.15) is 18.2 Å². The van der Waals surface area contributed by atoms with Crippen LogP contribution >= 0.6 is 12.6 Å². The molecule has 6 N–H and O–H groups in total. The van der Waals surface area contributed by atoms with Crippen LogP contribution in [0.25, 0.3) is 12.2 Å². The number of carbonyl (C=O) groups excluding carboxylic acids is 1. The maximum Gasteiger partial charge on any atom is 0.303 e. The predicted molar refractivity (Wildman–Crippen MR) is 173 cm³/mol. The number of aromatic nitrogens is 2. The number of hydrogen-bond donors (Lipinski definition) is 7. The molecule has 1 fully saturated rings. The summed E-state index contributed by atoms with van der Waals surface area (Å²) in [5.41, 5.74) is 6.20. The number of hydrogen-bond acceptors (Lipinski definition) is 6. The zero-order valence-corrected chi connectivity index (χ0v) is 26.9. The molecule has 0 radical (unpaired) electrons. The fourth-order valence-corrected chi connectivity index (χ4v) is 6.88. The molecule has 44 heavy (non-hydrogen) atoms. The lowest BCUT2D eigenvalue weighted by Crippen LogP contribution is -2.31. The van der Waals surface area contributed by atoms with Crippen molar-refractivity contribution in [2.75, 3.05) is 0 Å². The third kappa shape index (κ3) is 6.72. The van der Waals surface area contributed by atoms with Crippen molar-refractivity contribution in [1.29, 1.82) is 0 Å². The first-order chi connectivity index (χ1) is 20.7. The number of rotatable bonds is 11. The summed E-state index contributed by atoms with van der Waals surface area (Å²) in [6.45, 7) is 11.6. The number of aromatic amines is 2. The SMILES string of the molecule is CC[c-]1c(C)c(/C=c2/[nH]/c(=C\C3=C(CCC(=O)O)[C-](C)/C(=C\C4NC(=O)[C@H](C)[C@H]4[C@@H](C)S)N3)c(CCC(=O)O)c2C)[nH]c1=O. The van der Waals surface area contributed by atoms with Crippen LogP contribution in [-0.4, -0.2) is 49.3 Å². The average Bonchev–Trinajstić information content (AvgIpc) is 3.59. The van der Waals surface area contributed by atoms with E-state index in [0.717, 1.165) is 44.8 Å². The molecule has 11 heteroatoms. The molecule has 4 heterocycles. The van der Waals surface area contributed by atoms with Crippen LogP contribution in [0.15, 0.2) is 27.8 Å². The zero-order chi connectivity index (χ0) is 32.5. The number of amides is 1. The van der Waals surface area contributed by atoms with Crippen molar-refractivity contribution in [2.24, 2.45) is 11.8 Å². The molecule has 4 atom stereocenters. The van der Waals surface area contributed by atoms with E-state index in [9.17, 15) is 29.4 Å². The molecule has 2 aromatic heterocycles. The van der Waals surface area contributed by atoms with Gasteiger partial charge in [-0.1, -0.05) is 64.6 Å². The summed E-state index contributed by atoms with van der Waals surface area (Å²) >= 11 is 4.64. The van der Waals surface area contributed by atoms with Crippen LogP contribution in [0.4, 0.5) is 0 Å². The van der Waals surface area contributed by atoms with E-state index in [1.165, 1.54) is 0 Å². The van der Waals surface area contributed by atoms with Crippen molar-refractivity contribution < 1.29 is 24.6 Å². The Morgan fingerprint density at radius 1 is 1.05 bits per heavy atom. The van der Waals surface area contributed by atoms with Crippen molar-refractivity contribution in [3.05, 3.63) is 78.0 Å². The number of thiol groups is 1. The van der Waals surface area contributed by atoms with Gasteiger partial charge in [0.2, 0.25) is 5.91 Å². The van der Waals surface area contributed by atoms with E-state index in [4.69, 9.17) is 0 Å². The highest BCUT2D eigenvalue weighted by Crippen LogP contribution is 2.37. The molecular weight excluding hydrogens is 580 g/mol. The molecule has 2 aliphatic heterocycles. The van der Waals surface area contributed by atoms with Gasteiger partial charge in [0.1, 0.15) is 0 Å². The Morgan fingerprint density at radius 2 is 1.70 bits per heavy atom. The minimum atomic E-state index is -0.915. The Hall–Kier alpha value is -3.99. The van der Waals surface area contributed by atoms with Gasteiger partial charge in [0, 0.05) is 40.7 Å². The van der Waals surface area contributed by atoms with Gasteiger partial charge in [-0.15, -0.1) is 28.8 Å². The molecule has 0 saturated carbocycles. The van der Waals surface area contributed by atoms with Crippen LogP contribution in [-0.2, 0) is 27.2 Å². The molecule has 0 aliphatic carbocycles. The topological polar surface area (TPSA) is 164 Å². The third-order valence-corrected chi connectivity index (χ3v) is 9.35. The summed E-state index contributed by atoms with van der Waals surface area (Å²) in [6, 6.07) is -0.245. The molecule has 1 unspecified atom stereocenters. The standard InChI is InChI=1S/C33H42N4O6S/c1-7-20-15(2)25(36-33(20)43)12-23-16(3)21(8-10-29(38)39)26(34-23)14-27-22(9-11-30(40)41)17(4)24(35-27)13-28-31(19(6)44)18(5)32(42)37-28/h12-14,18-19,28,31,34-35,44H,7-11H2,1-6H3,(H,36,43)(H,37,42)(H,38,39)(H,40,41)/q-2/b23-12+,24-13+,26-14-/t18-,19-,28?,31+/m1/s1. The summed E-state index contributed by atoms with van der Waals surface area (Å²) in [4.78, 5) is 54.4. The van der Waals surface area contributed by atoms with Gasteiger partial charge < -0.3 is 30.8 Å². The predicted octanol–water partition coefficient (Wildman–Crippen LogP) is 2.50. The normalized spacial score (nSPS) is 22.7. The van der Waals surface area contributed by atoms with E-state index in [0.29, 0.717) is 23.2 Å². The Labute approximate surface area is 262 Å². The Balaban J connectivity index is 1.84. The Bertz CT molecular complexity index is 1710. The highest BCUT2D eigenvalue weighted by Gasteiger charge is 2.39. The lowest BCUT2D eigenvalue weighted by molar-refractivity contribution is -0.138. The second kappa shape index (κ2) is 13.3. The lowest BCUT2D eigenvalue weighted by atomic mass is 9.87. The molecule has 2 aliphatic rings. The molecule has 0 bridgehead atoms. The van der Waals surface area contributed by atoms with Gasteiger partial charge in [0.15, 0.2) is 5.56 Å². The van der Waals surface area contributed by atoms with Crippen LogP contribution in [0.2, 0.25) is 0 Å². The van der Waals surface area contributed by atoms with Crippen LogP contribution in [0.1, 0.15) is 74.9 Å². The number of carboxylic acids is 2. The van der Waals surface area contributed by atoms with Crippen molar-refractivity contribution in [1.82, 2.24) is 20.6 Å². The smallest absolute Gasteiger partial charge is 0.303 e. The highest BCUT2D eigenvalue weighted by atomic mass is 32.1. The van der Waals surface area contributed by atoms with Crippen molar-refractivity contribution in [2.45, 2.75) is 84.9 Å². The van der Waals surface area contributed by atoms with Gasteiger partial charge in [0.25, 0.3) is 0 Å². The maximum absolute atomic E-state index is 12.5. The van der Waals surface area contributed by atoms with Gasteiger partial charge >= 0.3 is 11.9 Å². The van der Waals surface area contributed by atoms with Crippen molar-refractivity contribution >= 4 is 42.6 Å². The highest BCUT2D eigenvalue weighted by molar-refractivity contribution is 7.80. The fourth-order valence-electron chi connectivity index (χ4n) is 6.43. The lowest BCUT2D eigenvalue weighted by Gasteiger charge is -2.27. The van der Waals surface area contributed by atoms with Gasteiger partial charge in [-0.3, -0.25) is 19.2 Å².